The van der Waals surface area contributed by atoms with Crippen molar-refractivity contribution in [2.75, 3.05) is 12.5 Å². The summed E-state index contributed by atoms with van der Waals surface area (Å²) >= 11 is 0. The SMILES string of the molecule is Nc1ccc(OCOCc2ccccc2)cc1F. The van der Waals surface area contributed by atoms with Gasteiger partial charge in [0.1, 0.15) is 11.6 Å². The quantitative estimate of drug-likeness (QED) is 0.502. The lowest BCUT2D eigenvalue weighted by atomic mass is 10.2. The Morgan fingerprint density at radius 2 is 1.83 bits per heavy atom. The third kappa shape index (κ3) is 3.46. The molecule has 0 atom stereocenters. The van der Waals surface area contributed by atoms with E-state index in [0.717, 1.165) is 5.56 Å². The molecule has 0 bridgehead atoms. The predicted molar refractivity (Wildman–Crippen MR) is 67.5 cm³/mol. The molecule has 0 heterocycles. The summed E-state index contributed by atoms with van der Waals surface area (Å²) in [7, 11) is 0. The monoisotopic (exact) mass is 247 g/mol. The number of hydrogen-bond acceptors (Lipinski definition) is 3. The van der Waals surface area contributed by atoms with Crippen LogP contribution in [0.1, 0.15) is 5.56 Å². The highest BCUT2D eigenvalue weighted by Gasteiger charge is 2.00. The second kappa shape index (κ2) is 6.02. The Morgan fingerprint density at radius 1 is 1.06 bits per heavy atom. The Bertz CT molecular complexity index is 502. The Labute approximate surface area is 105 Å². The maximum absolute atomic E-state index is 13.1. The number of anilines is 1. The fourth-order valence-electron chi connectivity index (χ4n) is 1.44. The number of halogens is 1. The number of ether oxygens (including phenoxy) is 2. The Kier molecular flexibility index (Phi) is 4.15. The van der Waals surface area contributed by atoms with Gasteiger partial charge in [0.2, 0.25) is 0 Å². The van der Waals surface area contributed by atoms with Crippen molar-refractivity contribution in [2.45, 2.75) is 6.61 Å². The van der Waals surface area contributed by atoms with Crippen LogP contribution in [-0.2, 0) is 11.3 Å². The first-order valence-corrected chi connectivity index (χ1v) is 5.55. The lowest BCUT2D eigenvalue weighted by Crippen LogP contribution is -2.03. The van der Waals surface area contributed by atoms with Gasteiger partial charge in [-0.3, -0.25) is 0 Å². The van der Waals surface area contributed by atoms with Gasteiger partial charge in [-0.05, 0) is 17.7 Å². The van der Waals surface area contributed by atoms with Crippen molar-refractivity contribution in [1.29, 1.82) is 0 Å². The van der Waals surface area contributed by atoms with Crippen molar-refractivity contribution in [1.82, 2.24) is 0 Å². The molecule has 0 aliphatic rings. The second-order valence-corrected chi connectivity index (χ2v) is 3.78. The van der Waals surface area contributed by atoms with Gasteiger partial charge in [-0.2, -0.15) is 0 Å². The van der Waals surface area contributed by atoms with Crippen LogP contribution < -0.4 is 10.5 Å². The highest BCUT2D eigenvalue weighted by Crippen LogP contribution is 2.17. The summed E-state index contributed by atoms with van der Waals surface area (Å²) in [6, 6.07) is 14.0. The Hall–Kier alpha value is -2.07. The average Bonchev–Trinajstić information content (AvgIpc) is 2.40. The number of hydrogen-bond donors (Lipinski definition) is 1. The van der Waals surface area contributed by atoms with E-state index in [-0.39, 0.29) is 12.5 Å². The molecular weight excluding hydrogens is 233 g/mol. The van der Waals surface area contributed by atoms with E-state index in [1.54, 1.807) is 6.07 Å². The third-order valence-corrected chi connectivity index (χ3v) is 2.39. The summed E-state index contributed by atoms with van der Waals surface area (Å²) in [6.45, 7) is 0.524. The second-order valence-electron chi connectivity index (χ2n) is 3.78. The summed E-state index contributed by atoms with van der Waals surface area (Å²) in [5.74, 6) is -0.0923. The molecule has 0 saturated heterocycles. The van der Waals surface area contributed by atoms with Crippen LogP contribution in [0.4, 0.5) is 10.1 Å². The maximum atomic E-state index is 13.1. The lowest BCUT2D eigenvalue weighted by Gasteiger charge is -2.08. The van der Waals surface area contributed by atoms with Crippen LogP contribution in [0.2, 0.25) is 0 Å². The minimum absolute atomic E-state index is 0.0677. The highest BCUT2D eigenvalue weighted by atomic mass is 19.1. The molecule has 18 heavy (non-hydrogen) atoms. The topological polar surface area (TPSA) is 44.5 Å². The lowest BCUT2D eigenvalue weighted by molar-refractivity contribution is 0.00491. The molecule has 2 rings (SSSR count). The van der Waals surface area contributed by atoms with Crippen LogP contribution in [0.3, 0.4) is 0 Å². The fourth-order valence-corrected chi connectivity index (χ4v) is 1.44. The van der Waals surface area contributed by atoms with Gasteiger partial charge in [0.25, 0.3) is 0 Å². The van der Waals surface area contributed by atoms with Gasteiger partial charge < -0.3 is 15.2 Å². The maximum Gasteiger partial charge on any atom is 0.189 e. The molecule has 0 saturated carbocycles. The number of benzene rings is 2. The van der Waals surface area contributed by atoms with Gasteiger partial charge in [-0.1, -0.05) is 30.3 Å². The molecule has 0 unspecified atom stereocenters. The van der Waals surface area contributed by atoms with Crippen LogP contribution in [-0.4, -0.2) is 6.79 Å². The van der Waals surface area contributed by atoms with Gasteiger partial charge in [0.05, 0.1) is 12.3 Å². The van der Waals surface area contributed by atoms with E-state index in [1.807, 2.05) is 30.3 Å². The standard InChI is InChI=1S/C14H14FNO2/c15-13-8-12(6-7-14(13)16)18-10-17-9-11-4-2-1-3-5-11/h1-8H,9-10,16H2. The molecule has 2 N–H and O–H groups in total. The first-order valence-electron chi connectivity index (χ1n) is 5.55. The van der Waals surface area contributed by atoms with Crippen LogP contribution in [0, 0.1) is 5.82 Å². The largest absolute Gasteiger partial charge is 0.467 e. The van der Waals surface area contributed by atoms with Crippen molar-refractivity contribution in [3.8, 4) is 5.75 Å². The molecule has 0 aliphatic carbocycles. The van der Waals surface area contributed by atoms with Gasteiger partial charge >= 0.3 is 0 Å². The summed E-state index contributed by atoms with van der Waals surface area (Å²) in [5, 5.41) is 0. The summed E-state index contributed by atoms with van der Waals surface area (Å²) in [6.07, 6.45) is 0. The van der Waals surface area contributed by atoms with E-state index in [4.69, 9.17) is 15.2 Å². The Morgan fingerprint density at radius 3 is 2.56 bits per heavy atom. The van der Waals surface area contributed by atoms with E-state index in [2.05, 4.69) is 0 Å². The summed E-state index contributed by atoms with van der Waals surface area (Å²) in [5.41, 5.74) is 6.52. The van der Waals surface area contributed by atoms with Gasteiger partial charge in [0, 0.05) is 6.07 Å². The molecule has 0 amide bonds. The van der Waals surface area contributed by atoms with Crippen molar-refractivity contribution in [3.63, 3.8) is 0 Å². The minimum atomic E-state index is -0.490. The Balaban J connectivity index is 1.77. The smallest absolute Gasteiger partial charge is 0.189 e. The van der Waals surface area contributed by atoms with Gasteiger partial charge in [-0.15, -0.1) is 0 Å². The molecule has 3 nitrogen and oxygen atoms in total. The number of rotatable bonds is 5. The van der Waals surface area contributed by atoms with Crippen molar-refractivity contribution in [2.24, 2.45) is 0 Å². The van der Waals surface area contributed by atoms with Crippen LogP contribution in [0.15, 0.2) is 48.5 Å². The highest BCUT2D eigenvalue weighted by molar-refractivity contribution is 5.43. The summed E-state index contributed by atoms with van der Waals surface area (Å²) in [4.78, 5) is 0. The normalized spacial score (nSPS) is 10.3. The molecular formula is C14H14FNO2. The van der Waals surface area contributed by atoms with Crippen LogP contribution >= 0.6 is 0 Å². The molecule has 0 spiro atoms. The van der Waals surface area contributed by atoms with E-state index >= 15 is 0 Å². The van der Waals surface area contributed by atoms with E-state index in [9.17, 15) is 4.39 Å². The predicted octanol–water partition coefficient (Wildman–Crippen LogP) is 2.96. The zero-order valence-corrected chi connectivity index (χ0v) is 9.80. The molecule has 0 aliphatic heterocycles. The minimum Gasteiger partial charge on any atom is -0.467 e. The zero-order chi connectivity index (χ0) is 12.8. The first kappa shape index (κ1) is 12.4. The fraction of sp³-hybridized carbons (Fsp3) is 0.143. The van der Waals surface area contributed by atoms with Crippen LogP contribution in [0.5, 0.6) is 5.75 Å². The van der Waals surface area contributed by atoms with E-state index in [1.165, 1.54) is 12.1 Å². The van der Waals surface area contributed by atoms with Crippen molar-refractivity contribution in [3.05, 3.63) is 59.9 Å². The number of nitrogen functional groups attached to an aromatic ring is 1. The molecule has 0 radical (unpaired) electrons. The third-order valence-electron chi connectivity index (χ3n) is 2.39. The molecule has 0 aromatic heterocycles. The first-order chi connectivity index (χ1) is 8.75. The zero-order valence-electron chi connectivity index (χ0n) is 9.80. The molecule has 2 aromatic carbocycles. The molecule has 0 fully saturated rings. The molecule has 4 heteroatoms. The van der Waals surface area contributed by atoms with Crippen molar-refractivity contribution >= 4 is 5.69 Å². The van der Waals surface area contributed by atoms with E-state index < -0.39 is 5.82 Å². The van der Waals surface area contributed by atoms with Gasteiger partial charge in [0.15, 0.2) is 6.79 Å². The molecule has 94 valence electrons. The van der Waals surface area contributed by atoms with Crippen molar-refractivity contribution < 1.29 is 13.9 Å². The van der Waals surface area contributed by atoms with E-state index in [0.29, 0.717) is 12.4 Å². The number of nitrogens with two attached hydrogens (primary N) is 1. The average molecular weight is 247 g/mol. The van der Waals surface area contributed by atoms with Gasteiger partial charge in [-0.25, -0.2) is 4.39 Å². The van der Waals surface area contributed by atoms with Crippen LogP contribution in [0.25, 0.3) is 0 Å². The molecule has 2 aromatic rings. The summed E-state index contributed by atoms with van der Waals surface area (Å²) < 4.78 is 23.7.